The molecule has 28 heavy (non-hydrogen) atoms. The van der Waals surface area contributed by atoms with Gasteiger partial charge in [-0.1, -0.05) is 17.7 Å². The van der Waals surface area contributed by atoms with Gasteiger partial charge in [0, 0.05) is 48.4 Å². The molecule has 0 aliphatic carbocycles. The zero-order chi connectivity index (χ0) is 19.2. The van der Waals surface area contributed by atoms with E-state index in [1.54, 1.807) is 18.6 Å². The van der Waals surface area contributed by atoms with Crippen molar-refractivity contribution in [2.45, 2.75) is 12.8 Å². The number of hydrogen-bond acceptors (Lipinski definition) is 6. The molecule has 0 amide bonds. The molecule has 1 fully saturated rings. The molecule has 1 aliphatic rings. The predicted molar refractivity (Wildman–Crippen MR) is 112 cm³/mol. The summed E-state index contributed by atoms with van der Waals surface area (Å²) in [6.45, 7) is 2.63. The highest BCUT2D eigenvalue weighted by molar-refractivity contribution is 6.30. The second-order valence-electron chi connectivity index (χ2n) is 6.82. The highest BCUT2D eigenvalue weighted by atomic mass is 35.5. The smallest absolute Gasteiger partial charge is 0.149 e. The van der Waals surface area contributed by atoms with Gasteiger partial charge >= 0.3 is 0 Å². The van der Waals surface area contributed by atoms with E-state index in [-0.39, 0.29) is 0 Å². The number of halogens is 1. The third-order valence-corrected chi connectivity index (χ3v) is 4.94. The van der Waals surface area contributed by atoms with Gasteiger partial charge in [0.1, 0.15) is 5.82 Å². The van der Waals surface area contributed by atoms with Gasteiger partial charge in [0.25, 0.3) is 0 Å². The molecule has 1 saturated heterocycles. The average Bonchev–Trinajstić information content (AvgIpc) is 2.73. The Bertz CT molecular complexity index is 930. The minimum atomic E-state index is 0.641. The van der Waals surface area contributed by atoms with E-state index in [1.165, 1.54) is 0 Å². The van der Waals surface area contributed by atoms with E-state index in [0.717, 1.165) is 55.2 Å². The molecular weight excluding hydrogens is 374 g/mol. The molecule has 2 aromatic heterocycles. The fourth-order valence-corrected chi connectivity index (χ4v) is 3.36. The van der Waals surface area contributed by atoms with Crippen LogP contribution in [-0.2, 0) is 4.74 Å². The largest absolute Gasteiger partial charge is 0.384 e. The Labute approximate surface area is 169 Å². The number of rotatable bonds is 6. The number of hydrogen-bond donors (Lipinski definition) is 2. The Kier molecular flexibility index (Phi) is 5.99. The minimum Gasteiger partial charge on any atom is -0.384 e. The lowest BCUT2D eigenvalue weighted by molar-refractivity contribution is 0.0699. The lowest BCUT2D eigenvalue weighted by Crippen LogP contribution is -2.22. The second-order valence-corrected chi connectivity index (χ2v) is 7.26. The fraction of sp³-hybridized carbons (Fsp3) is 0.286. The van der Waals surface area contributed by atoms with Gasteiger partial charge in [-0.25, -0.2) is 4.98 Å². The summed E-state index contributed by atoms with van der Waals surface area (Å²) in [5, 5.41) is 7.39. The molecule has 144 valence electrons. The molecule has 0 spiro atoms. The van der Waals surface area contributed by atoms with E-state index >= 15 is 0 Å². The van der Waals surface area contributed by atoms with Crippen molar-refractivity contribution in [3.8, 4) is 11.3 Å². The summed E-state index contributed by atoms with van der Waals surface area (Å²) < 4.78 is 5.42. The van der Waals surface area contributed by atoms with Crippen LogP contribution in [0.5, 0.6) is 0 Å². The average molecular weight is 396 g/mol. The molecule has 3 aromatic rings. The van der Waals surface area contributed by atoms with Crippen molar-refractivity contribution in [2.75, 3.05) is 30.4 Å². The lowest BCUT2D eigenvalue weighted by atomic mass is 10.0. The van der Waals surface area contributed by atoms with E-state index in [0.29, 0.717) is 16.8 Å². The molecule has 0 unspecified atom stereocenters. The number of benzene rings is 1. The van der Waals surface area contributed by atoms with E-state index in [4.69, 9.17) is 16.3 Å². The Hall–Kier alpha value is -2.70. The van der Waals surface area contributed by atoms with Gasteiger partial charge in [-0.15, -0.1) is 0 Å². The number of aromatic nitrogens is 3. The summed E-state index contributed by atoms with van der Waals surface area (Å²) >= 11 is 6.04. The van der Waals surface area contributed by atoms with Crippen LogP contribution in [0, 0.1) is 5.92 Å². The summed E-state index contributed by atoms with van der Waals surface area (Å²) in [7, 11) is 0. The Morgan fingerprint density at radius 2 is 1.86 bits per heavy atom. The zero-order valence-electron chi connectivity index (χ0n) is 15.4. The molecule has 7 heteroatoms. The summed E-state index contributed by atoms with van der Waals surface area (Å²) in [6.07, 6.45) is 9.26. The van der Waals surface area contributed by atoms with Crippen LogP contribution in [0.15, 0.2) is 55.1 Å². The molecule has 6 nitrogen and oxygen atoms in total. The van der Waals surface area contributed by atoms with Gasteiger partial charge in [-0.2, -0.15) is 0 Å². The molecule has 1 aromatic carbocycles. The first-order valence-corrected chi connectivity index (χ1v) is 9.76. The maximum atomic E-state index is 6.04. The predicted octanol–water partition coefficient (Wildman–Crippen LogP) is 4.77. The number of anilines is 3. The van der Waals surface area contributed by atoms with E-state index in [9.17, 15) is 0 Å². The van der Waals surface area contributed by atoms with Gasteiger partial charge in [0.2, 0.25) is 0 Å². The molecule has 0 bridgehead atoms. The third-order valence-electron chi connectivity index (χ3n) is 4.70. The van der Waals surface area contributed by atoms with Crippen LogP contribution >= 0.6 is 11.6 Å². The number of ether oxygens (including phenoxy) is 1. The number of pyridine rings is 1. The molecule has 0 radical (unpaired) electrons. The van der Waals surface area contributed by atoms with Gasteiger partial charge in [0.05, 0.1) is 23.8 Å². The zero-order valence-corrected chi connectivity index (χ0v) is 16.2. The summed E-state index contributed by atoms with van der Waals surface area (Å²) in [5.41, 5.74) is 3.52. The normalized spacial score (nSPS) is 14.6. The summed E-state index contributed by atoms with van der Waals surface area (Å²) in [5.74, 6) is 1.29. The van der Waals surface area contributed by atoms with Crippen molar-refractivity contribution >= 4 is 28.8 Å². The van der Waals surface area contributed by atoms with Crippen molar-refractivity contribution in [3.63, 3.8) is 0 Å². The second kappa shape index (κ2) is 8.99. The van der Waals surface area contributed by atoms with E-state index in [1.807, 2.05) is 30.5 Å². The van der Waals surface area contributed by atoms with Gasteiger partial charge in [0.15, 0.2) is 0 Å². The first-order valence-electron chi connectivity index (χ1n) is 9.38. The Balaban J connectivity index is 1.46. The van der Waals surface area contributed by atoms with Crippen molar-refractivity contribution in [2.24, 2.45) is 5.92 Å². The maximum absolute atomic E-state index is 6.04. The van der Waals surface area contributed by atoms with Crippen LogP contribution in [0.3, 0.4) is 0 Å². The molecule has 3 heterocycles. The SMILES string of the molecule is Clc1cccc(Nc2cncc(-c3cncc(NCC4CCOCC4)c3)n2)c1. The lowest BCUT2D eigenvalue weighted by Gasteiger charge is -2.22. The number of nitrogens with one attached hydrogen (secondary N) is 2. The Morgan fingerprint density at radius 3 is 2.71 bits per heavy atom. The molecule has 0 atom stereocenters. The first kappa shape index (κ1) is 18.7. The molecule has 4 rings (SSSR count). The Morgan fingerprint density at radius 1 is 1.00 bits per heavy atom. The minimum absolute atomic E-state index is 0.641. The first-order chi connectivity index (χ1) is 13.8. The van der Waals surface area contributed by atoms with E-state index < -0.39 is 0 Å². The quantitative estimate of drug-likeness (QED) is 0.626. The van der Waals surface area contributed by atoms with Crippen molar-refractivity contribution in [1.29, 1.82) is 0 Å². The highest BCUT2D eigenvalue weighted by Crippen LogP contribution is 2.23. The van der Waals surface area contributed by atoms with Crippen LogP contribution in [0.4, 0.5) is 17.2 Å². The molecular formula is C21H22ClN5O. The van der Waals surface area contributed by atoms with Crippen LogP contribution in [0.1, 0.15) is 12.8 Å². The van der Waals surface area contributed by atoms with Crippen LogP contribution in [0.25, 0.3) is 11.3 Å². The van der Waals surface area contributed by atoms with Crippen molar-refractivity contribution in [1.82, 2.24) is 15.0 Å². The van der Waals surface area contributed by atoms with Crippen LogP contribution in [-0.4, -0.2) is 34.7 Å². The maximum Gasteiger partial charge on any atom is 0.149 e. The van der Waals surface area contributed by atoms with Crippen molar-refractivity contribution in [3.05, 3.63) is 60.1 Å². The van der Waals surface area contributed by atoms with Crippen LogP contribution < -0.4 is 10.6 Å². The summed E-state index contributed by atoms with van der Waals surface area (Å²) in [4.78, 5) is 13.3. The molecule has 2 N–H and O–H groups in total. The topological polar surface area (TPSA) is 72.0 Å². The standard InChI is InChI=1S/C21H22ClN5O/c22-17-2-1-3-18(9-17)26-21-14-24-13-20(27-21)16-8-19(12-23-11-16)25-10-15-4-6-28-7-5-15/h1-3,8-9,11-15,25H,4-7,10H2,(H,26,27). The van der Waals surface area contributed by atoms with Gasteiger partial charge in [-0.3, -0.25) is 9.97 Å². The summed E-state index contributed by atoms with van der Waals surface area (Å²) in [6, 6.07) is 9.55. The fourth-order valence-electron chi connectivity index (χ4n) is 3.17. The van der Waals surface area contributed by atoms with Crippen molar-refractivity contribution < 1.29 is 4.74 Å². The highest BCUT2D eigenvalue weighted by Gasteiger charge is 2.13. The molecule has 1 aliphatic heterocycles. The van der Waals surface area contributed by atoms with E-state index in [2.05, 4.69) is 31.7 Å². The van der Waals surface area contributed by atoms with Gasteiger partial charge < -0.3 is 15.4 Å². The molecule has 0 saturated carbocycles. The third kappa shape index (κ3) is 4.97. The monoisotopic (exact) mass is 395 g/mol. The number of nitrogens with zero attached hydrogens (tertiary/aromatic N) is 3. The van der Waals surface area contributed by atoms with Gasteiger partial charge in [-0.05, 0) is 43.0 Å². The van der Waals surface area contributed by atoms with Crippen LogP contribution in [0.2, 0.25) is 5.02 Å².